The van der Waals surface area contributed by atoms with Crippen LogP contribution in [0.25, 0.3) is 0 Å². The molecule has 0 radical (unpaired) electrons. The van der Waals surface area contributed by atoms with Crippen LogP contribution in [0.15, 0.2) is 30.5 Å². The van der Waals surface area contributed by atoms with E-state index in [4.69, 9.17) is 0 Å². The monoisotopic (exact) mass is 387 g/mol. The molecule has 26 heavy (non-hydrogen) atoms. The number of nitrogens with one attached hydrogen (secondary N) is 2. The number of rotatable bonds is 6. The van der Waals surface area contributed by atoms with Crippen LogP contribution in [-0.4, -0.2) is 29.2 Å². The lowest BCUT2D eigenvalue weighted by Crippen LogP contribution is -2.40. The second-order valence-corrected chi connectivity index (χ2v) is 6.53. The first-order chi connectivity index (χ1) is 12.1. The third-order valence-electron chi connectivity index (χ3n) is 3.13. The number of carbonyl (C=O) groups excluding carboxylic acids is 2. The standard InChI is InChI=1S/C16H16F3N3O3S/c1-9(21-10(2)23)14(24)22-15-20-8-13(26-15)7-11-3-5-12(6-4-11)25-16(17,18)19/h3-6,8-9H,7H2,1-2H3,(H,21,23)(H,20,22,24)/t9-/m1/s1. The number of thiazole rings is 1. The molecule has 1 heterocycles. The number of hydrogen-bond donors (Lipinski definition) is 2. The molecule has 2 N–H and O–H groups in total. The van der Waals surface area contributed by atoms with Gasteiger partial charge < -0.3 is 15.4 Å². The van der Waals surface area contributed by atoms with Crippen LogP contribution in [0.1, 0.15) is 24.3 Å². The molecule has 0 bridgehead atoms. The fourth-order valence-electron chi connectivity index (χ4n) is 2.04. The van der Waals surface area contributed by atoms with Crippen LogP contribution in [0.2, 0.25) is 0 Å². The van der Waals surface area contributed by atoms with Gasteiger partial charge in [-0.15, -0.1) is 24.5 Å². The van der Waals surface area contributed by atoms with Crippen LogP contribution >= 0.6 is 11.3 Å². The van der Waals surface area contributed by atoms with Gasteiger partial charge in [-0.25, -0.2) is 4.98 Å². The summed E-state index contributed by atoms with van der Waals surface area (Å²) in [5.41, 5.74) is 0.771. The average molecular weight is 387 g/mol. The highest BCUT2D eigenvalue weighted by Gasteiger charge is 2.30. The number of nitrogens with zero attached hydrogens (tertiary/aromatic N) is 1. The number of alkyl halides is 3. The number of amides is 2. The Balaban J connectivity index is 1.93. The lowest BCUT2D eigenvalue weighted by molar-refractivity contribution is -0.274. The van der Waals surface area contributed by atoms with E-state index >= 15 is 0 Å². The smallest absolute Gasteiger partial charge is 0.406 e. The van der Waals surface area contributed by atoms with E-state index in [9.17, 15) is 22.8 Å². The van der Waals surface area contributed by atoms with Crippen molar-refractivity contribution in [2.75, 3.05) is 5.32 Å². The maximum Gasteiger partial charge on any atom is 0.573 e. The topological polar surface area (TPSA) is 80.3 Å². The molecule has 0 saturated heterocycles. The summed E-state index contributed by atoms with van der Waals surface area (Å²) in [4.78, 5) is 27.7. The van der Waals surface area contributed by atoms with Gasteiger partial charge in [-0.05, 0) is 24.6 Å². The molecule has 1 aromatic heterocycles. The van der Waals surface area contributed by atoms with E-state index in [0.29, 0.717) is 11.6 Å². The van der Waals surface area contributed by atoms with Crippen LogP contribution in [0.4, 0.5) is 18.3 Å². The van der Waals surface area contributed by atoms with Crippen LogP contribution in [-0.2, 0) is 16.0 Å². The van der Waals surface area contributed by atoms with E-state index in [2.05, 4.69) is 20.4 Å². The van der Waals surface area contributed by atoms with Crippen LogP contribution in [0.5, 0.6) is 5.75 Å². The minimum Gasteiger partial charge on any atom is -0.406 e. The average Bonchev–Trinajstić information content (AvgIpc) is 2.94. The van der Waals surface area contributed by atoms with Crippen molar-refractivity contribution in [3.05, 3.63) is 40.9 Å². The van der Waals surface area contributed by atoms with Gasteiger partial charge in [-0.1, -0.05) is 12.1 Å². The van der Waals surface area contributed by atoms with Gasteiger partial charge in [-0.2, -0.15) is 0 Å². The van der Waals surface area contributed by atoms with Gasteiger partial charge in [0.2, 0.25) is 11.8 Å². The normalized spacial score (nSPS) is 12.3. The van der Waals surface area contributed by atoms with Gasteiger partial charge >= 0.3 is 6.36 Å². The fraction of sp³-hybridized carbons (Fsp3) is 0.312. The zero-order chi connectivity index (χ0) is 19.3. The number of anilines is 1. The van der Waals surface area contributed by atoms with Crippen LogP contribution < -0.4 is 15.4 Å². The predicted octanol–water partition coefficient (Wildman–Crippen LogP) is 3.10. The molecule has 2 amide bonds. The van der Waals surface area contributed by atoms with Crippen molar-refractivity contribution < 1.29 is 27.5 Å². The SMILES string of the molecule is CC(=O)N[C@H](C)C(=O)Nc1ncc(Cc2ccc(OC(F)(F)F)cc2)s1. The fourth-order valence-corrected chi connectivity index (χ4v) is 2.89. The third-order valence-corrected chi connectivity index (χ3v) is 4.04. The van der Waals surface area contributed by atoms with E-state index in [1.165, 1.54) is 42.5 Å². The molecular formula is C16H16F3N3O3S. The summed E-state index contributed by atoms with van der Waals surface area (Å²) in [5.74, 6) is -0.995. The Morgan fingerprint density at radius 3 is 2.50 bits per heavy atom. The van der Waals surface area contributed by atoms with Crippen LogP contribution in [0.3, 0.4) is 0 Å². The van der Waals surface area contributed by atoms with E-state index in [0.717, 1.165) is 10.4 Å². The predicted molar refractivity (Wildman–Crippen MR) is 90.0 cm³/mol. The number of hydrogen-bond acceptors (Lipinski definition) is 5. The zero-order valence-corrected chi connectivity index (χ0v) is 14.7. The van der Waals surface area contributed by atoms with Crippen molar-refractivity contribution >= 4 is 28.3 Å². The summed E-state index contributed by atoms with van der Waals surface area (Å²) < 4.78 is 40.2. The van der Waals surface area contributed by atoms with E-state index in [1.54, 1.807) is 13.1 Å². The Morgan fingerprint density at radius 1 is 1.27 bits per heavy atom. The summed E-state index contributed by atoms with van der Waals surface area (Å²) >= 11 is 1.24. The lowest BCUT2D eigenvalue weighted by Gasteiger charge is -2.10. The maximum absolute atomic E-state index is 12.1. The van der Waals surface area contributed by atoms with Gasteiger partial charge in [-0.3, -0.25) is 9.59 Å². The molecule has 6 nitrogen and oxygen atoms in total. The Bertz CT molecular complexity index is 775. The number of carbonyl (C=O) groups is 2. The summed E-state index contributed by atoms with van der Waals surface area (Å²) in [6.07, 6.45) is -2.70. The second kappa shape index (κ2) is 8.17. The molecule has 2 rings (SSSR count). The molecule has 0 fully saturated rings. The first-order valence-corrected chi connectivity index (χ1v) is 8.31. The van der Waals surface area contributed by atoms with E-state index in [1.807, 2.05) is 0 Å². The minimum absolute atomic E-state index is 0.287. The Hall–Kier alpha value is -2.62. The van der Waals surface area contributed by atoms with Crippen molar-refractivity contribution in [2.24, 2.45) is 0 Å². The number of aromatic nitrogens is 1. The largest absolute Gasteiger partial charge is 0.573 e. The highest BCUT2D eigenvalue weighted by atomic mass is 32.1. The molecule has 10 heteroatoms. The number of halogens is 3. The Kier molecular flexibility index (Phi) is 6.19. The molecule has 2 aromatic rings. The molecular weight excluding hydrogens is 371 g/mol. The summed E-state index contributed by atoms with van der Waals surface area (Å²) in [6.45, 7) is 2.87. The summed E-state index contributed by atoms with van der Waals surface area (Å²) in [5, 5.41) is 5.44. The molecule has 1 atom stereocenters. The Morgan fingerprint density at radius 2 is 1.92 bits per heavy atom. The van der Waals surface area contributed by atoms with Crippen molar-refractivity contribution in [1.82, 2.24) is 10.3 Å². The Labute approximate surface area is 151 Å². The van der Waals surface area contributed by atoms with Crippen molar-refractivity contribution in [3.63, 3.8) is 0 Å². The van der Waals surface area contributed by atoms with E-state index < -0.39 is 18.3 Å². The van der Waals surface area contributed by atoms with Gasteiger partial charge in [0.25, 0.3) is 0 Å². The summed E-state index contributed by atoms with van der Waals surface area (Å²) in [6, 6.07) is 4.83. The molecule has 140 valence electrons. The van der Waals surface area contributed by atoms with Gasteiger partial charge in [0.15, 0.2) is 5.13 Å². The van der Waals surface area contributed by atoms with Crippen molar-refractivity contribution in [1.29, 1.82) is 0 Å². The maximum atomic E-state index is 12.1. The van der Waals surface area contributed by atoms with Crippen molar-refractivity contribution in [3.8, 4) is 5.75 Å². The molecule has 0 saturated carbocycles. The molecule has 0 aliphatic heterocycles. The van der Waals surface area contributed by atoms with Gasteiger partial charge in [0.05, 0.1) is 0 Å². The molecule has 0 aliphatic carbocycles. The molecule has 1 aromatic carbocycles. The number of benzene rings is 1. The lowest BCUT2D eigenvalue weighted by atomic mass is 10.1. The second-order valence-electron chi connectivity index (χ2n) is 5.41. The van der Waals surface area contributed by atoms with E-state index in [-0.39, 0.29) is 11.7 Å². The minimum atomic E-state index is -4.72. The molecule has 0 spiro atoms. The number of ether oxygens (including phenoxy) is 1. The van der Waals surface area contributed by atoms with Gasteiger partial charge in [0.1, 0.15) is 11.8 Å². The van der Waals surface area contributed by atoms with Crippen molar-refractivity contribution in [2.45, 2.75) is 32.7 Å². The highest BCUT2D eigenvalue weighted by molar-refractivity contribution is 7.15. The first-order valence-electron chi connectivity index (χ1n) is 7.50. The van der Waals surface area contributed by atoms with Crippen LogP contribution in [0, 0.1) is 0 Å². The van der Waals surface area contributed by atoms with Gasteiger partial charge in [0, 0.05) is 24.4 Å². The molecule has 0 aliphatic rings. The molecule has 0 unspecified atom stereocenters. The summed E-state index contributed by atoms with van der Waals surface area (Å²) in [7, 11) is 0. The quantitative estimate of drug-likeness (QED) is 0.798. The third kappa shape index (κ3) is 6.36. The zero-order valence-electron chi connectivity index (χ0n) is 13.9. The first kappa shape index (κ1) is 19.7. The highest BCUT2D eigenvalue weighted by Crippen LogP contribution is 2.25.